The summed E-state index contributed by atoms with van der Waals surface area (Å²) in [5.41, 5.74) is 2.04. The van der Waals surface area contributed by atoms with Crippen molar-refractivity contribution in [2.24, 2.45) is 5.92 Å². The van der Waals surface area contributed by atoms with Crippen molar-refractivity contribution >= 4 is 22.9 Å². The molecule has 0 aromatic carbocycles. The second-order valence-electron chi connectivity index (χ2n) is 5.20. The van der Waals surface area contributed by atoms with Gasteiger partial charge in [0.2, 0.25) is 0 Å². The molecule has 0 atom stereocenters. The lowest BCUT2D eigenvalue weighted by molar-refractivity contribution is 0.0950. The molecule has 0 radical (unpaired) electrons. The maximum absolute atomic E-state index is 12.2. The molecule has 3 aromatic rings. The number of aromatic nitrogens is 3. The van der Waals surface area contributed by atoms with Crippen LogP contribution in [0.5, 0.6) is 0 Å². The van der Waals surface area contributed by atoms with E-state index in [1.54, 1.807) is 28.2 Å². The highest BCUT2D eigenvalue weighted by atomic mass is 32.1. The first-order chi connectivity index (χ1) is 10.2. The van der Waals surface area contributed by atoms with E-state index >= 15 is 0 Å². The molecule has 0 fully saturated rings. The number of nitrogens with zero attached hydrogens (tertiary/aromatic N) is 3. The van der Waals surface area contributed by atoms with Crippen molar-refractivity contribution in [3.05, 3.63) is 41.5 Å². The van der Waals surface area contributed by atoms with Gasteiger partial charge >= 0.3 is 0 Å². The molecule has 0 aliphatic rings. The smallest absolute Gasteiger partial charge is 0.256 e. The Balaban J connectivity index is 2.00. The monoisotopic (exact) mass is 300 g/mol. The second-order valence-corrected chi connectivity index (χ2v) is 6.15. The van der Waals surface area contributed by atoms with Crippen LogP contribution < -0.4 is 5.32 Å². The first-order valence-corrected chi connectivity index (χ1v) is 7.69. The SMILES string of the molecule is CC(C)CNC(=O)c1cnn2c(-c3cccs3)ccnc12. The minimum Gasteiger partial charge on any atom is -0.352 e. The van der Waals surface area contributed by atoms with Gasteiger partial charge in [0.1, 0.15) is 5.56 Å². The summed E-state index contributed by atoms with van der Waals surface area (Å²) in [7, 11) is 0. The number of amides is 1. The summed E-state index contributed by atoms with van der Waals surface area (Å²) in [6.07, 6.45) is 3.29. The molecule has 5 nitrogen and oxygen atoms in total. The molecule has 0 aliphatic carbocycles. The third kappa shape index (κ3) is 2.67. The standard InChI is InChI=1S/C15H16N4OS/c1-10(2)8-17-15(20)11-9-18-19-12(5-6-16-14(11)19)13-4-3-7-21-13/h3-7,9-10H,8H2,1-2H3,(H,17,20). The molecule has 0 saturated heterocycles. The van der Waals surface area contributed by atoms with Gasteiger partial charge in [0.25, 0.3) is 5.91 Å². The number of rotatable bonds is 4. The Morgan fingerprint density at radius 3 is 3.00 bits per heavy atom. The van der Waals surface area contributed by atoms with Crippen molar-refractivity contribution < 1.29 is 4.79 Å². The zero-order chi connectivity index (χ0) is 14.8. The fourth-order valence-corrected chi connectivity index (χ4v) is 2.79. The van der Waals surface area contributed by atoms with Crippen LogP contribution in [0.2, 0.25) is 0 Å². The molecule has 0 unspecified atom stereocenters. The number of carbonyl (C=O) groups excluding carboxylic acids is 1. The lowest BCUT2D eigenvalue weighted by Crippen LogP contribution is -2.27. The molecule has 3 aromatic heterocycles. The van der Waals surface area contributed by atoms with Crippen molar-refractivity contribution in [2.45, 2.75) is 13.8 Å². The van der Waals surface area contributed by atoms with Crippen LogP contribution in [-0.2, 0) is 0 Å². The third-order valence-corrected chi connectivity index (χ3v) is 3.98. The molecule has 1 amide bonds. The Bertz CT molecular complexity index is 761. The van der Waals surface area contributed by atoms with E-state index in [9.17, 15) is 4.79 Å². The average Bonchev–Trinajstić information content (AvgIpc) is 3.13. The van der Waals surface area contributed by atoms with Crippen LogP contribution in [0, 0.1) is 5.92 Å². The number of hydrogen-bond acceptors (Lipinski definition) is 4. The molecule has 3 rings (SSSR count). The van der Waals surface area contributed by atoms with Crippen LogP contribution in [0.4, 0.5) is 0 Å². The van der Waals surface area contributed by atoms with E-state index in [1.807, 2.05) is 23.6 Å². The van der Waals surface area contributed by atoms with Gasteiger partial charge in [-0.3, -0.25) is 4.79 Å². The normalized spacial score (nSPS) is 11.2. The minimum atomic E-state index is -0.130. The average molecular weight is 300 g/mol. The van der Waals surface area contributed by atoms with Crippen molar-refractivity contribution in [3.8, 4) is 10.6 Å². The van der Waals surface area contributed by atoms with Crippen molar-refractivity contribution in [1.29, 1.82) is 0 Å². The Morgan fingerprint density at radius 2 is 2.29 bits per heavy atom. The summed E-state index contributed by atoms with van der Waals surface area (Å²) in [5, 5.41) is 9.24. The molecule has 21 heavy (non-hydrogen) atoms. The molecule has 6 heteroatoms. The molecular formula is C15H16N4OS. The molecule has 0 bridgehead atoms. The lowest BCUT2D eigenvalue weighted by Gasteiger charge is -2.06. The van der Waals surface area contributed by atoms with Crippen molar-refractivity contribution in [3.63, 3.8) is 0 Å². The topological polar surface area (TPSA) is 59.3 Å². The van der Waals surface area contributed by atoms with E-state index in [4.69, 9.17) is 0 Å². The van der Waals surface area contributed by atoms with E-state index in [0.717, 1.165) is 10.6 Å². The molecule has 1 N–H and O–H groups in total. The highest BCUT2D eigenvalue weighted by Gasteiger charge is 2.16. The summed E-state index contributed by atoms with van der Waals surface area (Å²) in [4.78, 5) is 17.6. The van der Waals surface area contributed by atoms with Gasteiger partial charge in [-0.1, -0.05) is 19.9 Å². The zero-order valence-electron chi connectivity index (χ0n) is 11.9. The number of fused-ring (bicyclic) bond motifs is 1. The highest BCUT2D eigenvalue weighted by molar-refractivity contribution is 7.13. The highest BCUT2D eigenvalue weighted by Crippen LogP contribution is 2.25. The predicted octanol–water partition coefficient (Wildman–Crippen LogP) is 2.84. The third-order valence-electron chi connectivity index (χ3n) is 3.09. The van der Waals surface area contributed by atoms with Crippen molar-refractivity contribution in [2.75, 3.05) is 6.54 Å². The summed E-state index contributed by atoms with van der Waals surface area (Å²) in [6.45, 7) is 4.76. The molecule has 0 aliphatic heterocycles. The van der Waals surface area contributed by atoms with Gasteiger partial charge in [-0.25, -0.2) is 9.50 Å². The van der Waals surface area contributed by atoms with Gasteiger partial charge in [0.15, 0.2) is 5.65 Å². The first kappa shape index (κ1) is 13.8. The van der Waals surface area contributed by atoms with Crippen LogP contribution in [0.3, 0.4) is 0 Å². The summed E-state index contributed by atoms with van der Waals surface area (Å²) in [5.74, 6) is 0.278. The first-order valence-electron chi connectivity index (χ1n) is 6.81. The molecule has 0 saturated carbocycles. The zero-order valence-corrected chi connectivity index (χ0v) is 12.7. The van der Waals surface area contributed by atoms with Gasteiger partial charge in [0, 0.05) is 12.7 Å². The lowest BCUT2D eigenvalue weighted by atomic mass is 10.2. The number of nitrogens with one attached hydrogen (secondary N) is 1. The summed E-state index contributed by atoms with van der Waals surface area (Å²) < 4.78 is 1.72. The Hall–Kier alpha value is -2.21. The second kappa shape index (κ2) is 5.65. The van der Waals surface area contributed by atoms with E-state index in [1.165, 1.54) is 0 Å². The molecule has 108 valence electrons. The largest absolute Gasteiger partial charge is 0.352 e. The Kier molecular flexibility index (Phi) is 3.70. The Morgan fingerprint density at radius 1 is 1.43 bits per heavy atom. The molecule has 3 heterocycles. The fraction of sp³-hybridized carbons (Fsp3) is 0.267. The van der Waals surface area contributed by atoms with Gasteiger partial charge < -0.3 is 5.32 Å². The van der Waals surface area contributed by atoms with E-state index in [0.29, 0.717) is 23.7 Å². The summed E-state index contributed by atoms with van der Waals surface area (Å²) >= 11 is 1.63. The predicted molar refractivity (Wildman–Crippen MR) is 83.5 cm³/mol. The van der Waals surface area contributed by atoms with Crippen LogP contribution in [0.15, 0.2) is 36.0 Å². The fourth-order valence-electron chi connectivity index (χ4n) is 2.05. The van der Waals surface area contributed by atoms with Crippen LogP contribution in [0.25, 0.3) is 16.2 Å². The molecular weight excluding hydrogens is 284 g/mol. The van der Waals surface area contributed by atoms with E-state index < -0.39 is 0 Å². The molecule has 0 spiro atoms. The maximum atomic E-state index is 12.2. The van der Waals surface area contributed by atoms with Crippen LogP contribution >= 0.6 is 11.3 Å². The van der Waals surface area contributed by atoms with Gasteiger partial charge in [-0.2, -0.15) is 5.10 Å². The number of thiophene rings is 1. The maximum Gasteiger partial charge on any atom is 0.256 e. The number of carbonyl (C=O) groups is 1. The Labute approximate surface area is 126 Å². The van der Waals surface area contributed by atoms with E-state index in [2.05, 4.69) is 29.2 Å². The quantitative estimate of drug-likeness (QED) is 0.806. The van der Waals surface area contributed by atoms with Gasteiger partial charge in [-0.05, 0) is 23.4 Å². The summed E-state index contributed by atoms with van der Waals surface area (Å²) in [6, 6.07) is 5.92. The van der Waals surface area contributed by atoms with Gasteiger partial charge in [-0.15, -0.1) is 11.3 Å². The minimum absolute atomic E-state index is 0.130. The number of hydrogen-bond donors (Lipinski definition) is 1. The van der Waals surface area contributed by atoms with Gasteiger partial charge in [0.05, 0.1) is 16.8 Å². The van der Waals surface area contributed by atoms with Crippen LogP contribution in [0.1, 0.15) is 24.2 Å². The van der Waals surface area contributed by atoms with E-state index in [-0.39, 0.29) is 5.91 Å². The van der Waals surface area contributed by atoms with Crippen molar-refractivity contribution in [1.82, 2.24) is 19.9 Å². The van der Waals surface area contributed by atoms with Crippen LogP contribution in [-0.4, -0.2) is 27.0 Å².